The van der Waals surface area contributed by atoms with Gasteiger partial charge in [-0.05, 0) is 29.7 Å². The van der Waals surface area contributed by atoms with Crippen LogP contribution in [-0.4, -0.2) is 47.9 Å². The molecule has 0 amide bonds. The topological polar surface area (TPSA) is 126 Å². The number of carboxylic acids is 1. The van der Waals surface area contributed by atoms with E-state index < -0.39 is 16.0 Å². The number of sulfonamides is 1. The lowest BCUT2D eigenvalue weighted by Gasteiger charge is -2.13. The van der Waals surface area contributed by atoms with Crippen molar-refractivity contribution in [3.8, 4) is 5.75 Å². The number of nitrogens with one attached hydrogen (secondary N) is 2. The molecule has 27 heavy (non-hydrogen) atoms. The number of carboxylic acid groups (broad SMARTS) is 1. The van der Waals surface area contributed by atoms with Crippen LogP contribution in [0.4, 0.5) is 0 Å². The van der Waals surface area contributed by atoms with Crippen LogP contribution in [0.15, 0.2) is 35.5 Å². The molecule has 144 valence electrons. The van der Waals surface area contributed by atoms with Gasteiger partial charge in [0.05, 0.1) is 13.3 Å². The minimum absolute atomic E-state index is 0.0977. The SMILES string of the molecule is COc1ccc2[nH]cc(C(C)CNS(=O)(=O)c3cnn(C)c3C(=O)O)c2c1. The predicted molar refractivity (Wildman–Crippen MR) is 98.6 cm³/mol. The van der Waals surface area contributed by atoms with Crippen molar-refractivity contribution in [3.05, 3.63) is 41.9 Å². The highest BCUT2D eigenvalue weighted by atomic mass is 32.2. The maximum atomic E-state index is 12.6. The van der Waals surface area contributed by atoms with Gasteiger partial charge < -0.3 is 14.8 Å². The Morgan fingerprint density at radius 3 is 2.85 bits per heavy atom. The Hall–Kier alpha value is -2.85. The van der Waals surface area contributed by atoms with Crippen LogP contribution in [-0.2, 0) is 17.1 Å². The Morgan fingerprint density at radius 2 is 2.19 bits per heavy atom. The molecule has 2 heterocycles. The first-order valence-corrected chi connectivity index (χ1v) is 9.63. The molecule has 9 nitrogen and oxygen atoms in total. The molecule has 0 saturated heterocycles. The van der Waals surface area contributed by atoms with Crippen LogP contribution in [0.5, 0.6) is 5.75 Å². The summed E-state index contributed by atoms with van der Waals surface area (Å²) in [5, 5.41) is 13.9. The van der Waals surface area contributed by atoms with Gasteiger partial charge in [-0.15, -0.1) is 0 Å². The monoisotopic (exact) mass is 392 g/mol. The Bertz CT molecular complexity index is 1100. The van der Waals surface area contributed by atoms with Crippen molar-refractivity contribution < 1.29 is 23.1 Å². The van der Waals surface area contributed by atoms with Gasteiger partial charge in [0.25, 0.3) is 0 Å². The predicted octanol–water partition coefficient (Wildman–Crippen LogP) is 1.69. The number of carbonyl (C=O) groups is 1. The lowest BCUT2D eigenvalue weighted by molar-refractivity contribution is 0.0680. The van der Waals surface area contributed by atoms with Gasteiger partial charge in [-0.3, -0.25) is 4.68 Å². The molecule has 0 aliphatic heterocycles. The molecule has 0 saturated carbocycles. The van der Waals surface area contributed by atoms with E-state index in [1.807, 2.05) is 31.3 Å². The summed E-state index contributed by atoms with van der Waals surface area (Å²) in [5.74, 6) is -0.810. The largest absolute Gasteiger partial charge is 0.497 e. The minimum Gasteiger partial charge on any atom is -0.497 e. The Kier molecular flexibility index (Phi) is 4.94. The molecule has 2 aromatic heterocycles. The summed E-state index contributed by atoms with van der Waals surface area (Å²) >= 11 is 0. The standard InChI is InChI=1S/C17H20N4O5S/c1-10(13-8-18-14-5-4-11(26-3)6-12(13)14)7-20-27(24,25)15-9-19-21(2)16(15)17(22)23/h4-6,8-10,18,20H,7H2,1-3H3,(H,22,23). The lowest BCUT2D eigenvalue weighted by atomic mass is 10.0. The zero-order chi connectivity index (χ0) is 19.8. The van der Waals surface area contributed by atoms with E-state index in [9.17, 15) is 18.3 Å². The minimum atomic E-state index is -4.02. The number of hydrogen-bond acceptors (Lipinski definition) is 5. The van der Waals surface area contributed by atoms with E-state index in [0.717, 1.165) is 27.3 Å². The first-order valence-electron chi connectivity index (χ1n) is 8.14. The third-order valence-electron chi connectivity index (χ3n) is 4.43. The van der Waals surface area contributed by atoms with E-state index in [0.29, 0.717) is 5.75 Å². The average molecular weight is 392 g/mol. The zero-order valence-corrected chi connectivity index (χ0v) is 15.9. The molecule has 0 radical (unpaired) electrons. The molecule has 0 spiro atoms. The second-order valence-electron chi connectivity index (χ2n) is 6.19. The maximum Gasteiger partial charge on any atom is 0.355 e. The molecule has 0 aliphatic rings. The van der Waals surface area contributed by atoms with Crippen molar-refractivity contribution in [2.24, 2.45) is 7.05 Å². The molecule has 3 aromatic rings. The Balaban J connectivity index is 1.83. The summed E-state index contributed by atoms with van der Waals surface area (Å²) in [5.41, 5.74) is 1.46. The molecule has 0 bridgehead atoms. The zero-order valence-electron chi connectivity index (χ0n) is 15.1. The molecule has 0 aliphatic carbocycles. The number of ether oxygens (including phenoxy) is 1. The first-order chi connectivity index (χ1) is 12.7. The fraction of sp³-hybridized carbons (Fsp3) is 0.294. The highest BCUT2D eigenvalue weighted by Gasteiger charge is 2.27. The van der Waals surface area contributed by atoms with E-state index in [4.69, 9.17) is 4.74 Å². The summed E-state index contributed by atoms with van der Waals surface area (Å²) in [4.78, 5) is 14.1. The molecule has 10 heteroatoms. The quantitative estimate of drug-likeness (QED) is 0.562. The van der Waals surface area contributed by atoms with E-state index in [1.54, 1.807) is 7.11 Å². The molecular formula is C17H20N4O5S. The van der Waals surface area contributed by atoms with E-state index in [2.05, 4.69) is 14.8 Å². The fourth-order valence-corrected chi connectivity index (χ4v) is 4.22. The van der Waals surface area contributed by atoms with Crippen LogP contribution in [0.25, 0.3) is 10.9 Å². The summed E-state index contributed by atoms with van der Waals surface area (Å²) in [7, 11) is -1.05. The van der Waals surface area contributed by atoms with Gasteiger partial charge in [0, 0.05) is 30.7 Å². The first kappa shape index (κ1) is 18.9. The van der Waals surface area contributed by atoms with Gasteiger partial charge >= 0.3 is 5.97 Å². The van der Waals surface area contributed by atoms with Crippen molar-refractivity contribution in [2.75, 3.05) is 13.7 Å². The Labute approximate surface area is 156 Å². The van der Waals surface area contributed by atoms with Crippen LogP contribution in [0, 0.1) is 0 Å². The third-order valence-corrected chi connectivity index (χ3v) is 5.85. The van der Waals surface area contributed by atoms with Crippen LogP contribution in [0.3, 0.4) is 0 Å². The fourth-order valence-electron chi connectivity index (χ4n) is 2.94. The summed E-state index contributed by atoms with van der Waals surface area (Å²) in [6.07, 6.45) is 2.86. The second-order valence-corrected chi connectivity index (χ2v) is 7.93. The highest BCUT2D eigenvalue weighted by molar-refractivity contribution is 7.89. The molecule has 3 N–H and O–H groups in total. The smallest absolute Gasteiger partial charge is 0.355 e. The highest BCUT2D eigenvalue weighted by Crippen LogP contribution is 2.28. The van der Waals surface area contributed by atoms with Crippen molar-refractivity contribution in [1.82, 2.24) is 19.5 Å². The van der Waals surface area contributed by atoms with Crippen molar-refractivity contribution >= 4 is 26.9 Å². The van der Waals surface area contributed by atoms with E-state index >= 15 is 0 Å². The van der Waals surface area contributed by atoms with Gasteiger partial charge in [-0.2, -0.15) is 5.10 Å². The number of nitrogens with zero attached hydrogens (tertiary/aromatic N) is 2. The van der Waals surface area contributed by atoms with Gasteiger partial charge in [-0.25, -0.2) is 17.9 Å². The number of H-pyrrole nitrogens is 1. The number of aromatic amines is 1. The third kappa shape index (κ3) is 3.53. The molecule has 1 atom stereocenters. The van der Waals surface area contributed by atoms with Gasteiger partial charge in [0.1, 0.15) is 10.6 Å². The number of aromatic nitrogens is 3. The van der Waals surface area contributed by atoms with Crippen LogP contribution in [0.2, 0.25) is 0 Å². The lowest BCUT2D eigenvalue weighted by Crippen LogP contribution is -2.29. The van der Waals surface area contributed by atoms with E-state index in [1.165, 1.54) is 7.05 Å². The molecular weight excluding hydrogens is 372 g/mol. The Morgan fingerprint density at radius 1 is 1.44 bits per heavy atom. The van der Waals surface area contributed by atoms with Crippen LogP contribution in [0.1, 0.15) is 28.9 Å². The number of methoxy groups -OCH3 is 1. The normalized spacial score (nSPS) is 13.0. The van der Waals surface area contributed by atoms with Crippen LogP contribution >= 0.6 is 0 Å². The van der Waals surface area contributed by atoms with Crippen molar-refractivity contribution in [1.29, 1.82) is 0 Å². The average Bonchev–Trinajstić information content (AvgIpc) is 3.23. The number of benzene rings is 1. The van der Waals surface area contributed by atoms with Crippen molar-refractivity contribution in [3.63, 3.8) is 0 Å². The number of hydrogen-bond donors (Lipinski definition) is 3. The molecule has 0 fully saturated rings. The molecule has 1 unspecified atom stereocenters. The number of aromatic carboxylic acids is 1. The number of aryl methyl sites for hydroxylation is 1. The van der Waals surface area contributed by atoms with Gasteiger partial charge in [-0.1, -0.05) is 6.92 Å². The summed E-state index contributed by atoms with van der Waals surface area (Å²) < 4.78 is 33.8. The van der Waals surface area contributed by atoms with Gasteiger partial charge in [0.2, 0.25) is 10.0 Å². The maximum absolute atomic E-state index is 12.6. The summed E-state index contributed by atoms with van der Waals surface area (Å²) in [6, 6.07) is 5.62. The molecule has 1 aromatic carbocycles. The number of fused-ring (bicyclic) bond motifs is 1. The molecule has 3 rings (SSSR count). The van der Waals surface area contributed by atoms with Crippen LogP contribution < -0.4 is 9.46 Å². The number of rotatable bonds is 7. The van der Waals surface area contributed by atoms with Crippen molar-refractivity contribution in [2.45, 2.75) is 17.7 Å². The summed E-state index contributed by atoms with van der Waals surface area (Å²) in [6.45, 7) is 1.98. The second kappa shape index (κ2) is 7.05. The van der Waals surface area contributed by atoms with E-state index in [-0.39, 0.29) is 23.1 Å². The van der Waals surface area contributed by atoms with Gasteiger partial charge in [0.15, 0.2) is 5.69 Å².